The number of aryl methyl sites for hydroxylation is 2. The van der Waals surface area contributed by atoms with E-state index in [1.165, 1.54) is 11.6 Å². The van der Waals surface area contributed by atoms with E-state index in [4.69, 9.17) is 5.84 Å². The van der Waals surface area contributed by atoms with E-state index in [1.54, 1.807) is 6.07 Å². The molecule has 0 heterocycles. The van der Waals surface area contributed by atoms with Crippen molar-refractivity contribution in [1.82, 2.24) is 5.43 Å². The topological polar surface area (TPSA) is 38.0 Å². The molecule has 0 aliphatic rings. The summed E-state index contributed by atoms with van der Waals surface area (Å²) in [6, 6.07) is 9.88. The summed E-state index contributed by atoms with van der Waals surface area (Å²) >= 11 is 0. The van der Waals surface area contributed by atoms with E-state index < -0.39 is 11.6 Å². The first-order valence-electron chi connectivity index (χ1n) is 6.48. The smallest absolute Gasteiger partial charge is 0.159 e. The number of hydrogen-bond donors (Lipinski definition) is 2. The lowest BCUT2D eigenvalue weighted by molar-refractivity contribution is 0.502. The number of hydrazine groups is 1. The minimum absolute atomic E-state index is 0.138. The van der Waals surface area contributed by atoms with Crippen molar-refractivity contribution in [2.75, 3.05) is 0 Å². The average Bonchev–Trinajstić information content (AvgIpc) is 2.41. The van der Waals surface area contributed by atoms with Gasteiger partial charge in [-0.05, 0) is 49.1 Å². The summed E-state index contributed by atoms with van der Waals surface area (Å²) in [6.45, 7) is 4.04. The van der Waals surface area contributed by atoms with Gasteiger partial charge in [-0.25, -0.2) is 8.78 Å². The molecular formula is C16H18F2N2. The van der Waals surface area contributed by atoms with Gasteiger partial charge in [0.2, 0.25) is 0 Å². The summed E-state index contributed by atoms with van der Waals surface area (Å²) in [5.41, 5.74) is 6.80. The standard InChI is InChI=1S/C16H18F2N2/c1-10-3-5-13(11(2)7-10)16(20-19)9-12-4-6-14(17)15(18)8-12/h3-8,16,20H,9,19H2,1-2H3. The summed E-state index contributed by atoms with van der Waals surface area (Å²) < 4.78 is 26.2. The van der Waals surface area contributed by atoms with Crippen molar-refractivity contribution >= 4 is 0 Å². The zero-order valence-electron chi connectivity index (χ0n) is 11.6. The molecule has 1 unspecified atom stereocenters. The molecule has 0 saturated heterocycles. The highest BCUT2D eigenvalue weighted by Gasteiger charge is 2.14. The van der Waals surface area contributed by atoms with Gasteiger partial charge in [0.05, 0.1) is 6.04 Å². The van der Waals surface area contributed by atoms with Crippen LogP contribution >= 0.6 is 0 Å². The minimum atomic E-state index is -0.836. The summed E-state index contributed by atoms with van der Waals surface area (Å²) in [7, 11) is 0. The molecule has 0 saturated carbocycles. The lowest BCUT2D eigenvalue weighted by Gasteiger charge is -2.19. The molecule has 3 N–H and O–H groups in total. The van der Waals surface area contributed by atoms with Gasteiger partial charge in [0, 0.05) is 0 Å². The molecule has 1 atom stereocenters. The van der Waals surface area contributed by atoms with Crippen LogP contribution in [0.25, 0.3) is 0 Å². The maximum atomic E-state index is 13.2. The molecule has 0 aliphatic carbocycles. The predicted octanol–water partition coefficient (Wildman–Crippen LogP) is 3.33. The average molecular weight is 276 g/mol. The monoisotopic (exact) mass is 276 g/mol. The molecule has 2 rings (SSSR count). The Morgan fingerprint density at radius 2 is 1.80 bits per heavy atom. The second kappa shape index (κ2) is 6.11. The first-order chi connectivity index (χ1) is 9.51. The fourth-order valence-corrected chi connectivity index (χ4v) is 2.38. The Labute approximate surface area is 117 Å². The SMILES string of the molecule is Cc1ccc(C(Cc2ccc(F)c(F)c2)NN)c(C)c1. The van der Waals surface area contributed by atoms with Crippen molar-refractivity contribution in [1.29, 1.82) is 0 Å². The van der Waals surface area contributed by atoms with Crippen molar-refractivity contribution in [3.63, 3.8) is 0 Å². The van der Waals surface area contributed by atoms with Gasteiger partial charge in [0.15, 0.2) is 11.6 Å². The summed E-state index contributed by atoms with van der Waals surface area (Å²) in [4.78, 5) is 0. The zero-order chi connectivity index (χ0) is 14.7. The quantitative estimate of drug-likeness (QED) is 0.664. The molecule has 2 aromatic carbocycles. The molecule has 4 heteroatoms. The number of rotatable bonds is 4. The number of nitrogens with two attached hydrogens (primary N) is 1. The molecule has 0 spiro atoms. The Balaban J connectivity index is 2.26. The van der Waals surface area contributed by atoms with Crippen LogP contribution in [0, 0.1) is 25.5 Å². The van der Waals surface area contributed by atoms with Gasteiger partial charge >= 0.3 is 0 Å². The fraction of sp³-hybridized carbons (Fsp3) is 0.250. The molecule has 0 fully saturated rings. The Hall–Kier alpha value is -1.78. The number of halogens is 2. The summed E-state index contributed by atoms with van der Waals surface area (Å²) in [5, 5.41) is 0. The van der Waals surface area contributed by atoms with Crippen molar-refractivity contribution in [3.8, 4) is 0 Å². The first-order valence-corrected chi connectivity index (χ1v) is 6.48. The summed E-state index contributed by atoms with van der Waals surface area (Å²) in [6.07, 6.45) is 0.498. The van der Waals surface area contributed by atoms with E-state index in [0.717, 1.165) is 17.2 Å². The third-order valence-corrected chi connectivity index (χ3v) is 3.43. The van der Waals surface area contributed by atoms with Crippen LogP contribution in [0.15, 0.2) is 36.4 Å². The van der Waals surface area contributed by atoms with Crippen LogP contribution < -0.4 is 11.3 Å². The van der Waals surface area contributed by atoms with Gasteiger partial charge in [0.25, 0.3) is 0 Å². The highest BCUT2D eigenvalue weighted by molar-refractivity contribution is 5.34. The second-order valence-electron chi connectivity index (χ2n) is 5.03. The van der Waals surface area contributed by atoms with Gasteiger partial charge in [-0.1, -0.05) is 29.8 Å². The molecule has 0 aliphatic heterocycles. The number of benzene rings is 2. The molecule has 2 aromatic rings. The van der Waals surface area contributed by atoms with Crippen LogP contribution in [0.5, 0.6) is 0 Å². The Morgan fingerprint density at radius 1 is 1.05 bits per heavy atom. The zero-order valence-corrected chi connectivity index (χ0v) is 11.6. The molecule has 0 aromatic heterocycles. The molecule has 2 nitrogen and oxygen atoms in total. The molecule has 0 radical (unpaired) electrons. The van der Waals surface area contributed by atoms with E-state index in [0.29, 0.717) is 12.0 Å². The van der Waals surface area contributed by atoms with Gasteiger partial charge < -0.3 is 0 Å². The second-order valence-corrected chi connectivity index (χ2v) is 5.03. The van der Waals surface area contributed by atoms with E-state index in [-0.39, 0.29) is 6.04 Å². The van der Waals surface area contributed by atoms with E-state index in [1.807, 2.05) is 26.0 Å². The number of nitrogens with one attached hydrogen (secondary N) is 1. The van der Waals surface area contributed by atoms with Gasteiger partial charge in [0.1, 0.15) is 0 Å². The highest BCUT2D eigenvalue weighted by atomic mass is 19.2. The highest BCUT2D eigenvalue weighted by Crippen LogP contribution is 2.23. The van der Waals surface area contributed by atoms with Crippen LogP contribution in [-0.4, -0.2) is 0 Å². The molecular weight excluding hydrogens is 258 g/mol. The minimum Gasteiger partial charge on any atom is -0.271 e. The Bertz CT molecular complexity index is 611. The van der Waals surface area contributed by atoms with E-state index in [9.17, 15) is 8.78 Å². The van der Waals surface area contributed by atoms with Crippen LogP contribution in [0.3, 0.4) is 0 Å². The first kappa shape index (κ1) is 14.6. The van der Waals surface area contributed by atoms with Gasteiger partial charge in [-0.3, -0.25) is 11.3 Å². The lowest BCUT2D eigenvalue weighted by Crippen LogP contribution is -2.30. The lowest BCUT2D eigenvalue weighted by atomic mass is 9.94. The van der Waals surface area contributed by atoms with Gasteiger partial charge in [-0.2, -0.15) is 0 Å². The van der Waals surface area contributed by atoms with E-state index >= 15 is 0 Å². The van der Waals surface area contributed by atoms with Crippen LogP contribution in [0.2, 0.25) is 0 Å². The van der Waals surface area contributed by atoms with E-state index in [2.05, 4.69) is 11.5 Å². The Morgan fingerprint density at radius 3 is 2.40 bits per heavy atom. The molecule has 106 valence electrons. The van der Waals surface area contributed by atoms with Crippen molar-refractivity contribution < 1.29 is 8.78 Å². The maximum absolute atomic E-state index is 13.2. The normalized spacial score (nSPS) is 12.4. The fourth-order valence-electron chi connectivity index (χ4n) is 2.38. The molecule has 20 heavy (non-hydrogen) atoms. The molecule has 0 amide bonds. The van der Waals surface area contributed by atoms with Crippen molar-refractivity contribution in [2.45, 2.75) is 26.3 Å². The Kier molecular flexibility index (Phi) is 4.47. The van der Waals surface area contributed by atoms with Crippen LogP contribution in [-0.2, 0) is 6.42 Å². The third-order valence-electron chi connectivity index (χ3n) is 3.43. The predicted molar refractivity (Wildman–Crippen MR) is 76.0 cm³/mol. The number of hydrogen-bond acceptors (Lipinski definition) is 2. The van der Waals surface area contributed by atoms with Gasteiger partial charge in [-0.15, -0.1) is 0 Å². The van der Waals surface area contributed by atoms with Crippen molar-refractivity contribution in [2.24, 2.45) is 5.84 Å². The summed E-state index contributed by atoms with van der Waals surface area (Å²) in [5.74, 6) is 3.94. The van der Waals surface area contributed by atoms with Crippen LogP contribution in [0.4, 0.5) is 8.78 Å². The third kappa shape index (κ3) is 3.21. The van der Waals surface area contributed by atoms with Crippen LogP contribution in [0.1, 0.15) is 28.3 Å². The van der Waals surface area contributed by atoms with Crippen molar-refractivity contribution in [3.05, 3.63) is 70.3 Å². The largest absolute Gasteiger partial charge is 0.271 e. The molecule has 0 bridgehead atoms. The maximum Gasteiger partial charge on any atom is 0.159 e.